The molecule has 0 amide bonds. The molecule has 24 heavy (non-hydrogen) atoms. The molecule has 0 N–H and O–H groups in total. The first kappa shape index (κ1) is 24.2. The minimum atomic E-state index is -5.03. The molecule has 2 rings (SSSR count). The Morgan fingerprint density at radius 3 is 1.92 bits per heavy atom. The maximum absolute atomic E-state index is 11.4. The zero-order chi connectivity index (χ0) is 16.5. The molecular weight excluding hydrogens is 384 g/mol. The van der Waals surface area contributed by atoms with Crippen LogP contribution in [0.3, 0.4) is 0 Å². The Balaban J connectivity index is 0.00000264. The fraction of sp³-hybridized carbons (Fsp3) is 0.400. The average Bonchev–Trinajstić information content (AvgIpc) is 2.45. The first-order valence-corrected chi connectivity index (χ1v) is 8.74. The fourth-order valence-corrected chi connectivity index (χ4v) is 3.38. The van der Waals surface area contributed by atoms with Gasteiger partial charge >= 0.3 is 64.8 Å². The second-order valence-electron chi connectivity index (χ2n) is 4.40. The van der Waals surface area contributed by atoms with Crippen LogP contribution >= 0.6 is 0 Å². The Bertz CT molecular complexity index is 846. The van der Waals surface area contributed by atoms with Crippen LogP contribution in [0.15, 0.2) is 21.9 Å². The van der Waals surface area contributed by atoms with Gasteiger partial charge in [-0.25, -0.2) is 16.8 Å². The molecule has 0 radical (unpaired) electrons. The van der Waals surface area contributed by atoms with E-state index in [-0.39, 0.29) is 91.1 Å². The average molecular weight is 394 g/mol. The number of diazo groups is 1. The van der Waals surface area contributed by atoms with Gasteiger partial charge in [-0.3, -0.25) is 0 Å². The van der Waals surface area contributed by atoms with E-state index in [1.807, 2.05) is 0 Å². The second-order valence-corrected chi connectivity index (χ2v) is 7.09. The molecule has 1 aromatic carbocycles. The molecule has 1 saturated heterocycles. The maximum atomic E-state index is 11.4. The molecule has 0 atom stereocenters. The molecule has 1 heterocycles. The monoisotopic (exact) mass is 394 g/mol. The number of rotatable bonds is 3. The number of hydrogen-bond acceptors (Lipinski definition) is 9. The Labute approximate surface area is 183 Å². The quantitative estimate of drug-likeness (QED) is 0.277. The molecule has 0 aliphatic carbocycles. The van der Waals surface area contributed by atoms with Crippen molar-refractivity contribution in [2.24, 2.45) is 0 Å². The van der Waals surface area contributed by atoms with E-state index in [4.69, 9.17) is 10.1 Å². The van der Waals surface area contributed by atoms with Crippen LogP contribution < -0.4 is 64.0 Å². The van der Waals surface area contributed by atoms with Crippen molar-refractivity contribution in [1.29, 1.82) is 5.39 Å². The van der Waals surface area contributed by atoms with Gasteiger partial charge in [-0.05, 0) is 6.07 Å². The molecule has 14 heteroatoms. The number of nitrogens with zero attached hydrogens (tertiary/aromatic N) is 3. The van der Waals surface area contributed by atoms with Gasteiger partial charge in [-0.15, -0.1) is 0 Å². The first-order chi connectivity index (χ1) is 10.1. The van der Waals surface area contributed by atoms with E-state index in [9.17, 15) is 25.9 Å². The molecule has 0 bridgehead atoms. The van der Waals surface area contributed by atoms with Crippen LogP contribution in [0.4, 0.5) is 11.4 Å². The van der Waals surface area contributed by atoms with Crippen LogP contribution in [-0.2, 0) is 25.0 Å². The molecule has 0 spiro atoms. The van der Waals surface area contributed by atoms with E-state index in [2.05, 4.69) is 4.98 Å². The Hall–Kier alpha value is 0.220. The SMILES string of the molecule is N#[N+]c1cc(S(=O)(=O)[O-])c(N2CCOCC2)cc1S(=O)(=O)[O-].[Na+].[Na+]. The van der Waals surface area contributed by atoms with Gasteiger partial charge in [-0.1, -0.05) is 0 Å². The topological polar surface area (TPSA) is 155 Å². The third-order valence-corrected chi connectivity index (χ3v) is 4.77. The Morgan fingerprint density at radius 2 is 1.50 bits per heavy atom. The van der Waals surface area contributed by atoms with Gasteiger partial charge in [0.05, 0.1) is 29.9 Å². The zero-order valence-electron chi connectivity index (χ0n) is 13.0. The number of benzene rings is 1. The van der Waals surface area contributed by atoms with E-state index >= 15 is 0 Å². The maximum Gasteiger partial charge on any atom is 1.00 e. The van der Waals surface area contributed by atoms with E-state index in [0.29, 0.717) is 6.07 Å². The molecule has 0 aromatic heterocycles. The van der Waals surface area contributed by atoms with Gasteiger partial charge in [0.2, 0.25) is 5.39 Å². The molecule has 1 aliphatic heterocycles. The van der Waals surface area contributed by atoms with Crippen molar-refractivity contribution in [3.8, 4) is 0 Å². The smallest absolute Gasteiger partial charge is 0.744 e. The molecular formula is C10H10N3Na2O7S2+. The number of hydrogen-bond donors (Lipinski definition) is 0. The summed E-state index contributed by atoms with van der Waals surface area (Å²) in [5.41, 5.74) is -1.04. The summed E-state index contributed by atoms with van der Waals surface area (Å²) in [6.07, 6.45) is 0. The van der Waals surface area contributed by atoms with Gasteiger partial charge in [0.15, 0.2) is 9.87 Å². The summed E-state index contributed by atoms with van der Waals surface area (Å²) in [6, 6.07) is 1.30. The van der Waals surface area contributed by atoms with Crippen molar-refractivity contribution in [1.82, 2.24) is 0 Å². The summed E-state index contributed by atoms with van der Waals surface area (Å²) < 4.78 is 72.8. The third-order valence-electron chi connectivity index (χ3n) is 3.04. The van der Waals surface area contributed by atoms with Gasteiger partial charge in [0.1, 0.15) is 20.2 Å². The zero-order valence-corrected chi connectivity index (χ0v) is 18.6. The van der Waals surface area contributed by atoms with Gasteiger partial charge in [-0.2, -0.15) is 0 Å². The molecule has 1 fully saturated rings. The van der Waals surface area contributed by atoms with Crippen molar-refractivity contribution in [2.45, 2.75) is 9.79 Å². The number of anilines is 1. The van der Waals surface area contributed by atoms with Crippen LogP contribution in [-0.4, -0.2) is 52.2 Å². The van der Waals surface area contributed by atoms with Gasteiger partial charge in [0.25, 0.3) is 0 Å². The van der Waals surface area contributed by atoms with Gasteiger partial charge < -0.3 is 18.7 Å². The number of ether oxygens (including phenoxy) is 1. The van der Waals surface area contributed by atoms with Crippen LogP contribution in [0.25, 0.3) is 4.98 Å². The molecule has 1 aromatic rings. The van der Waals surface area contributed by atoms with E-state index in [0.717, 1.165) is 6.07 Å². The van der Waals surface area contributed by atoms with E-state index in [1.165, 1.54) is 4.90 Å². The predicted octanol–water partition coefficient (Wildman–Crippen LogP) is -6.18. The molecule has 10 nitrogen and oxygen atoms in total. The Morgan fingerprint density at radius 1 is 1.00 bits per heavy atom. The van der Waals surface area contributed by atoms with Crippen molar-refractivity contribution in [2.75, 3.05) is 31.2 Å². The summed E-state index contributed by atoms with van der Waals surface area (Å²) in [5, 5.41) is 8.76. The van der Waals surface area contributed by atoms with Crippen LogP contribution in [0.5, 0.6) is 0 Å². The van der Waals surface area contributed by atoms with Crippen LogP contribution in [0, 0.1) is 5.39 Å². The van der Waals surface area contributed by atoms with E-state index in [1.54, 1.807) is 0 Å². The summed E-state index contributed by atoms with van der Waals surface area (Å²) in [4.78, 5) is 2.30. The number of morpholine rings is 1. The van der Waals surface area contributed by atoms with E-state index < -0.39 is 35.7 Å². The third kappa shape index (κ3) is 5.61. The normalized spacial score (nSPS) is 15.0. The summed E-state index contributed by atoms with van der Waals surface area (Å²) in [5.74, 6) is 0. The van der Waals surface area contributed by atoms with Crippen LogP contribution in [0.2, 0.25) is 0 Å². The minimum absolute atomic E-state index is 0. The van der Waals surface area contributed by atoms with Crippen molar-refractivity contribution in [3.05, 3.63) is 17.1 Å². The molecule has 0 saturated carbocycles. The van der Waals surface area contributed by atoms with Crippen molar-refractivity contribution >= 4 is 31.6 Å². The molecule has 120 valence electrons. The Kier molecular flexibility index (Phi) is 9.33. The van der Waals surface area contributed by atoms with Gasteiger partial charge in [0, 0.05) is 13.1 Å². The van der Waals surface area contributed by atoms with Crippen molar-refractivity contribution < 1.29 is 89.8 Å². The van der Waals surface area contributed by atoms with Crippen LogP contribution in [0.1, 0.15) is 0 Å². The first-order valence-electron chi connectivity index (χ1n) is 5.92. The minimum Gasteiger partial charge on any atom is -0.744 e. The molecule has 1 aliphatic rings. The standard InChI is InChI=1S/C10H11N3O7S2.2Na/c11-12-7-5-10(22(17,18)19)8(6-9(7)21(14,15)16)13-1-3-20-4-2-13;;/h5-6H,1-4H2,(H-,14,15,16,17,18,19);;/q;2*+1/p-1. The predicted molar refractivity (Wildman–Crippen MR) is 70.1 cm³/mol. The molecule has 0 unspecified atom stereocenters. The summed E-state index contributed by atoms with van der Waals surface area (Å²) >= 11 is 0. The summed E-state index contributed by atoms with van der Waals surface area (Å²) in [6.45, 7) is 0.890. The second kappa shape index (κ2) is 9.24. The van der Waals surface area contributed by atoms with Crippen molar-refractivity contribution in [3.63, 3.8) is 0 Å². The summed E-state index contributed by atoms with van der Waals surface area (Å²) in [7, 11) is -10.0. The largest absolute Gasteiger partial charge is 1.00 e. The fourth-order valence-electron chi connectivity index (χ4n) is 2.07.